The lowest BCUT2D eigenvalue weighted by Crippen LogP contribution is -2.41. The summed E-state index contributed by atoms with van der Waals surface area (Å²) in [6, 6.07) is 0.901. The molecule has 0 spiro atoms. The largest absolute Gasteiger partial charge is 0.393 e. The second kappa shape index (κ2) is 5.89. The molecule has 116 valence electrons. The Morgan fingerprint density at radius 1 is 1.43 bits per heavy atom. The number of alkyl halides is 4. The van der Waals surface area contributed by atoms with Crippen LogP contribution < -0.4 is 11.1 Å². The Labute approximate surface area is 113 Å². The molecule has 6 nitrogen and oxygen atoms in total. The number of nitrogen functional groups attached to an aromatic ring is 1. The van der Waals surface area contributed by atoms with Gasteiger partial charge in [-0.1, -0.05) is 0 Å². The van der Waals surface area contributed by atoms with Crippen molar-refractivity contribution in [1.29, 1.82) is 0 Å². The SMILES string of the molecule is Nc1c(C(=O)NCC(F)(F)C(F)F)cc(F)cc1[N+](=O)[O-]. The number of benzene rings is 1. The minimum Gasteiger partial charge on any atom is -0.393 e. The van der Waals surface area contributed by atoms with Gasteiger partial charge in [0.2, 0.25) is 0 Å². The van der Waals surface area contributed by atoms with Gasteiger partial charge in [-0.15, -0.1) is 0 Å². The molecule has 0 aromatic heterocycles. The van der Waals surface area contributed by atoms with Crippen LogP contribution in [0.25, 0.3) is 0 Å². The van der Waals surface area contributed by atoms with Crippen LogP contribution in [0, 0.1) is 15.9 Å². The predicted molar refractivity (Wildman–Crippen MR) is 60.8 cm³/mol. The van der Waals surface area contributed by atoms with E-state index in [0.29, 0.717) is 12.1 Å². The third-order valence-corrected chi connectivity index (χ3v) is 2.37. The van der Waals surface area contributed by atoms with E-state index in [1.807, 2.05) is 0 Å². The van der Waals surface area contributed by atoms with E-state index in [1.165, 1.54) is 5.32 Å². The number of nitrogens with zero attached hydrogens (tertiary/aromatic N) is 1. The van der Waals surface area contributed by atoms with Crippen molar-refractivity contribution < 1.29 is 31.7 Å². The maximum Gasteiger partial charge on any atom is 0.324 e. The van der Waals surface area contributed by atoms with Gasteiger partial charge in [-0.3, -0.25) is 14.9 Å². The summed E-state index contributed by atoms with van der Waals surface area (Å²) in [5.74, 6) is -7.14. The Bertz CT molecular complexity index is 579. The summed E-state index contributed by atoms with van der Waals surface area (Å²) in [6.07, 6.45) is -4.02. The monoisotopic (exact) mass is 313 g/mol. The molecule has 0 aliphatic heterocycles. The number of anilines is 1. The number of amides is 1. The smallest absolute Gasteiger partial charge is 0.324 e. The number of carbonyl (C=O) groups excluding carboxylic acids is 1. The average molecular weight is 313 g/mol. The van der Waals surface area contributed by atoms with Crippen LogP contribution in [0.15, 0.2) is 12.1 Å². The fourth-order valence-electron chi connectivity index (χ4n) is 1.31. The Hall–Kier alpha value is -2.46. The van der Waals surface area contributed by atoms with Gasteiger partial charge in [0, 0.05) is 0 Å². The van der Waals surface area contributed by atoms with E-state index in [1.54, 1.807) is 0 Å². The van der Waals surface area contributed by atoms with E-state index in [2.05, 4.69) is 0 Å². The molecule has 0 bridgehead atoms. The van der Waals surface area contributed by atoms with E-state index in [0.717, 1.165) is 0 Å². The van der Waals surface area contributed by atoms with Gasteiger partial charge < -0.3 is 11.1 Å². The topological polar surface area (TPSA) is 98.3 Å². The first-order valence-electron chi connectivity index (χ1n) is 5.24. The van der Waals surface area contributed by atoms with E-state index in [-0.39, 0.29) is 0 Å². The molecular weight excluding hydrogens is 305 g/mol. The molecule has 11 heteroatoms. The molecule has 0 heterocycles. The number of hydrogen-bond donors (Lipinski definition) is 2. The maximum atomic E-state index is 13.1. The minimum absolute atomic E-state index is 0.430. The van der Waals surface area contributed by atoms with E-state index in [9.17, 15) is 36.9 Å². The van der Waals surface area contributed by atoms with E-state index < -0.39 is 52.5 Å². The second-order valence-electron chi connectivity index (χ2n) is 3.89. The van der Waals surface area contributed by atoms with Crippen molar-refractivity contribution in [3.63, 3.8) is 0 Å². The standard InChI is InChI=1S/C10H8F5N3O3/c11-4-1-5(7(16)6(2-4)18(20)21)8(19)17-3-10(14,15)9(12)13/h1-2,9H,3,16H2,(H,17,19). The first-order chi connectivity index (χ1) is 9.56. The Kier molecular flexibility index (Phi) is 4.66. The van der Waals surface area contributed by atoms with Crippen LogP contribution in [0.3, 0.4) is 0 Å². The molecule has 0 unspecified atom stereocenters. The number of nitro groups is 1. The Balaban J connectivity index is 3.01. The van der Waals surface area contributed by atoms with Gasteiger partial charge in [0.15, 0.2) is 0 Å². The van der Waals surface area contributed by atoms with Crippen molar-refractivity contribution in [2.75, 3.05) is 12.3 Å². The van der Waals surface area contributed by atoms with Gasteiger partial charge in [0.25, 0.3) is 11.6 Å². The van der Waals surface area contributed by atoms with Crippen LogP contribution in [-0.2, 0) is 0 Å². The van der Waals surface area contributed by atoms with Crippen molar-refractivity contribution in [3.05, 3.63) is 33.6 Å². The van der Waals surface area contributed by atoms with Gasteiger partial charge in [-0.2, -0.15) is 8.78 Å². The van der Waals surface area contributed by atoms with Crippen LogP contribution in [0.4, 0.5) is 33.3 Å². The summed E-state index contributed by atoms with van der Waals surface area (Å²) in [6.45, 7) is -1.73. The molecule has 3 N–H and O–H groups in total. The summed E-state index contributed by atoms with van der Waals surface area (Å²) < 4.78 is 62.2. The van der Waals surface area contributed by atoms with Crippen LogP contribution in [0.5, 0.6) is 0 Å². The molecule has 1 aromatic carbocycles. The van der Waals surface area contributed by atoms with Crippen LogP contribution in [-0.4, -0.2) is 29.7 Å². The third kappa shape index (κ3) is 3.77. The summed E-state index contributed by atoms with van der Waals surface area (Å²) in [7, 11) is 0. The molecular formula is C10H8F5N3O3. The highest BCUT2D eigenvalue weighted by atomic mass is 19.3. The summed E-state index contributed by atoms with van der Waals surface area (Å²) in [4.78, 5) is 21.0. The van der Waals surface area contributed by atoms with Gasteiger partial charge in [-0.05, 0) is 6.07 Å². The van der Waals surface area contributed by atoms with Crippen molar-refractivity contribution in [1.82, 2.24) is 5.32 Å². The third-order valence-electron chi connectivity index (χ3n) is 2.37. The molecule has 0 radical (unpaired) electrons. The van der Waals surface area contributed by atoms with E-state index >= 15 is 0 Å². The van der Waals surface area contributed by atoms with E-state index in [4.69, 9.17) is 5.73 Å². The predicted octanol–water partition coefficient (Wildman–Crippen LogP) is 1.95. The number of nitrogens with one attached hydrogen (secondary N) is 1. The van der Waals surface area contributed by atoms with Crippen LogP contribution in [0.1, 0.15) is 10.4 Å². The summed E-state index contributed by atoms with van der Waals surface area (Å²) >= 11 is 0. The first kappa shape index (κ1) is 16.6. The van der Waals surface area contributed by atoms with Crippen molar-refractivity contribution in [2.45, 2.75) is 12.3 Å². The van der Waals surface area contributed by atoms with Gasteiger partial charge in [-0.25, -0.2) is 13.2 Å². The highest BCUT2D eigenvalue weighted by Gasteiger charge is 2.41. The fraction of sp³-hybridized carbons (Fsp3) is 0.300. The zero-order valence-electron chi connectivity index (χ0n) is 10.1. The number of hydrogen-bond acceptors (Lipinski definition) is 4. The molecule has 1 rings (SSSR count). The number of nitro benzene ring substituents is 1. The molecule has 0 fully saturated rings. The van der Waals surface area contributed by atoms with Crippen LogP contribution in [0.2, 0.25) is 0 Å². The molecule has 0 saturated carbocycles. The number of nitrogens with two attached hydrogens (primary N) is 1. The first-order valence-corrected chi connectivity index (χ1v) is 5.24. The normalized spacial score (nSPS) is 11.5. The Morgan fingerprint density at radius 2 is 2.00 bits per heavy atom. The molecule has 0 aliphatic carbocycles. The average Bonchev–Trinajstić information content (AvgIpc) is 2.37. The Morgan fingerprint density at radius 3 is 2.48 bits per heavy atom. The number of carbonyl (C=O) groups is 1. The minimum atomic E-state index is -4.50. The highest BCUT2D eigenvalue weighted by Crippen LogP contribution is 2.27. The van der Waals surface area contributed by atoms with Crippen molar-refractivity contribution >= 4 is 17.3 Å². The van der Waals surface area contributed by atoms with Crippen molar-refractivity contribution in [3.8, 4) is 0 Å². The highest BCUT2D eigenvalue weighted by molar-refractivity contribution is 6.01. The number of rotatable bonds is 5. The zero-order valence-corrected chi connectivity index (χ0v) is 10.1. The lowest BCUT2D eigenvalue weighted by molar-refractivity contribution is -0.384. The molecule has 0 aliphatic rings. The molecule has 21 heavy (non-hydrogen) atoms. The number of halogens is 5. The second-order valence-corrected chi connectivity index (χ2v) is 3.89. The van der Waals surface area contributed by atoms with Gasteiger partial charge in [0.1, 0.15) is 11.5 Å². The molecule has 1 aromatic rings. The van der Waals surface area contributed by atoms with Crippen molar-refractivity contribution in [2.24, 2.45) is 0 Å². The molecule has 1 amide bonds. The maximum absolute atomic E-state index is 13.1. The van der Waals surface area contributed by atoms with Gasteiger partial charge in [0.05, 0.1) is 23.1 Å². The van der Waals surface area contributed by atoms with Crippen LogP contribution >= 0.6 is 0 Å². The summed E-state index contributed by atoms with van der Waals surface area (Å²) in [5.41, 5.74) is 2.74. The fourth-order valence-corrected chi connectivity index (χ4v) is 1.31. The molecule has 0 saturated heterocycles. The zero-order chi connectivity index (χ0) is 16.4. The molecule has 0 atom stereocenters. The quantitative estimate of drug-likeness (QED) is 0.376. The lowest BCUT2D eigenvalue weighted by Gasteiger charge is -2.16. The summed E-state index contributed by atoms with van der Waals surface area (Å²) in [5, 5.41) is 12.0. The lowest BCUT2D eigenvalue weighted by atomic mass is 10.1. The van der Waals surface area contributed by atoms with Gasteiger partial charge >= 0.3 is 12.3 Å².